The average molecular weight is 283 g/mol. The maximum absolute atomic E-state index is 11.7. The van der Waals surface area contributed by atoms with Gasteiger partial charge in [0.15, 0.2) is 0 Å². The Labute approximate surface area is 117 Å². The Morgan fingerprint density at radius 1 is 1.42 bits per heavy atom. The summed E-state index contributed by atoms with van der Waals surface area (Å²) >= 11 is 1.68. The van der Waals surface area contributed by atoms with Crippen LogP contribution in [-0.4, -0.2) is 23.0 Å². The third-order valence-electron chi connectivity index (χ3n) is 2.75. The van der Waals surface area contributed by atoms with Crippen molar-refractivity contribution < 1.29 is 14.7 Å². The number of carboxylic acid groups (broad SMARTS) is 1. The Hall–Kier alpha value is -1.36. The van der Waals surface area contributed by atoms with Gasteiger partial charge in [-0.1, -0.05) is 19.9 Å². The molecule has 2 N–H and O–H groups in total. The van der Waals surface area contributed by atoms with E-state index in [-0.39, 0.29) is 11.8 Å². The number of carbonyl (C=O) groups excluding carboxylic acids is 1. The number of amides is 1. The van der Waals surface area contributed by atoms with Gasteiger partial charge in [0, 0.05) is 11.3 Å². The van der Waals surface area contributed by atoms with Crippen LogP contribution in [0.15, 0.2) is 17.5 Å². The van der Waals surface area contributed by atoms with E-state index in [1.165, 1.54) is 4.88 Å². The van der Waals surface area contributed by atoms with Crippen LogP contribution in [0.3, 0.4) is 0 Å². The van der Waals surface area contributed by atoms with Crippen molar-refractivity contribution in [3.63, 3.8) is 0 Å². The van der Waals surface area contributed by atoms with Crippen LogP contribution in [0.4, 0.5) is 0 Å². The Morgan fingerprint density at radius 2 is 2.16 bits per heavy atom. The maximum Gasteiger partial charge on any atom is 0.326 e. The largest absolute Gasteiger partial charge is 0.480 e. The molecule has 1 atom stereocenters. The van der Waals surface area contributed by atoms with E-state index < -0.39 is 12.0 Å². The van der Waals surface area contributed by atoms with E-state index in [9.17, 15) is 9.59 Å². The second-order valence-electron chi connectivity index (χ2n) is 5.02. The summed E-state index contributed by atoms with van der Waals surface area (Å²) in [6.07, 6.45) is 2.46. The lowest BCUT2D eigenvalue weighted by atomic mass is 10.0. The molecular formula is C14H21NO3S. The number of hydrogen-bond donors (Lipinski definition) is 2. The van der Waals surface area contributed by atoms with Gasteiger partial charge in [0.2, 0.25) is 5.91 Å². The third kappa shape index (κ3) is 6.38. The highest BCUT2D eigenvalue weighted by Crippen LogP contribution is 2.12. The van der Waals surface area contributed by atoms with Crippen LogP contribution in [0.5, 0.6) is 0 Å². The number of hydrogen-bond acceptors (Lipinski definition) is 3. The SMILES string of the molecule is CC(C)C[C@@H](NC(=O)CCCc1cccs1)C(=O)O. The molecule has 0 aliphatic heterocycles. The van der Waals surface area contributed by atoms with Crippen LogP contribution in [0.25, 0.3) is 0 Å². The fourth-order valence-electron chi connectivity index (χ4n) is 1.84. The summed E-state index contributed by atoms with van der Waals surface area (Å²) in [6.45, 7) is 3.89. The van der Waals surface area contributed by atoms with Crippen molar-refractivity contribution in [2.75, 3.05) is 0 Å². The fraction of sp³-hybridized carbons (Fsp3) is 0.571. The van der Waals surface area contributed by atoms with Gasteiger partial charge in [-0.2, -0.15) is 0 Å². The topological polar surface area (TPSA) is 66.4 Å². The average Bonchev–Trinajstić information content (AvgIpc) is 2.80. The molecule has 0 radical (unpaired) electrons. The van der Waals surface area contributed by atoms with Gasteiger partial charge in [-0.25, -0.2) is 4.79 Å². The Balaban J connectivity index is 2.30. The van der Waals surface area contributed by atoms with Crippen molar-refractivity contribution >= 4 is 23.2 Å². The first-order chi connectivity index (χ1) is 8.99. The predicted octanol–water partition coefficient (Wildman–Crippen LogP) is 2.69. The first-order valence-corrected chi connectivity index (χ1v) is 7.41. The molecule has 1 heterocycles. The van der Waals surface area contributed by atoms with Crippen LogP contribution in [0, 0.1) is 5.92 Å². The molecule has 1 aromatic heterocycles. The molecule has 0 fully saturated rings. The molecule has 0 aromatic carbocycles. The Morgan fingerprint density at radius 3 is 2.68 bits per heavy atom. The number of nitrogens with one attached hydrogen (secondary N) is 1. The summed E-state index contributed by atoms with van der Waals surface area (Å²) in [7, 11) is 0. The second kappa shape index (κ2) is 7.94. The van der Waals surface area contributed by atoms with Crippen LogP contribution in [0.2, 0.25) is 0 Å². The molecule has 1 amide bonds. The van der Waals surface area contributed by atoms with Crippen molar-refractivity contribution in [3.05, 3.63) is 22.4 Å². The number of thiophene rings is 1. The summed E-state index contributed by atoms with van der Waals surface area (Å²) in [4.78, 5) is 24.0. The molecule has 4 nitrogen and oxygen atoms in total. The van der Waals surface area contributed by atoms with Gasteiger partial charge < -0.3 is 10.4 Å². The fourth-order valence-corrected chi connectivity index (χ4v) is 2.59. The lowest BCUT2D eigenvalue weighted by molar-refractivity contribution is -0.142. The summed E-state index contributed by atoms with van der Waals surface area (Å²) in [5.74, 6) is -0.891. The van der Waals surface area contributed by atoms with Gasteiger partial charge >= 0.3 is 5.97 Å². The molecule has 0 saturated heterocycles. The highest BCUT2D eigenvalue weighted by molar-refractivity contribution is 7.09. The van der Waals surface area contributed by atoms with Crippen molar-refractivity contribution in [1.82, 2.24) is 5.32 Å². The minimum atomic E-state index is -0.958. The van der Waals surface area contributed by atoms with Gasteiger partial charge in [-0.05, 0) is 36.6 Å². The Bertz CT molecular complexity index is 401. The summed E-state index contributed by atoms with van der Waals surface area (Å²) in [5, 5.41) is 13.6. The Kier molecular flexibility index (Phi) is 6.56. The van der Waals surface area contributed by atoms with Crippen molar-refractivity contribution in [2.45, 2.75) is 45.6 Å². The zero-order chi connectivity index (χ0) is 14.3. The quantitative estimate of drug-likeness (QED) is 0.771. The molecule has 5 heteroatoms. The molecule has 0 unspecified atom stereocenters. The van der Waals surface area contributed by atoms with Crippen LogP contribution < -0.4 is 5.32 Å². The molecule has 0 spiro atoms. The third-order valence-corrected chi connectivity index (χ3v) is 3.68. The van der Waals surface area contributed by atoms with E-state index in [0.29, 0.717) is 12.8 Å². The number of aliphatic carboxylic acids is 1. The lowest BCUT2D eigenvalue weighted by Crippen LogP contribution is -2.41. The van der Waals surface area contributed by atoms with E-state index in [0.717, 1.165) is 12.8 Å². The van der Waals surface area contributed by atoms with E-state index in [4.69, 9.17) is 5.11 Å². The second-order valence-corrected chi connectivity index (χ2v) is 6.05. The highest BCUT2D eigenvalue weighted by atomic mass is 32.1. The molecule has 1 aromatic rings. The van der Waals surface area contributed by atoms with E-state index in [2.05, 4.69) is 5.32 Å². The van der Waals surface area contributed by atoms with Gasteiger partial charge in [-0.3, -0.25) is 4.79 Å². The smallest absolute Gasteiger partial charge is 0.326 e. The molecule has 0 aliphatic carbocycles. The molecule has 0 aliphatic rings. The molecule has 0 saturated carbocycles. The van der Waals surface area contributed by atoms with Crippen LogP contribution in [-0.2, 0) is 16.0 Å². The maximum atomic E-state index is 11.7. The normalized spacial score (nSPS) is 12.4. The predicted molar refractivity (Wildman–Crippen MR) is 76.3 cm³/mol. The van der Waals surface area contributed by atoms with Gasteiger partial charge in [-0.15, -0.1) is 11.3 Å². The van der Waals surface area contributed by atoms with Gasteiger partial charge in [0.25, 0.3) is 0 Å². The van der Waals surface area contributed by atoms with Gasteiger partial charge in [0.1, 0.15) is 6.04 Å². The first-order valence-electron chi connectivity index (χ1n) is 6.53. The molecule has 19 heavy (non-hydrogen) atoms. The van der Waals surface area contributed by atoms with Crippen molar-refractivity contribution in [2.24, 2.45) is 5.92 Å². The minimum absolute atomic E-state index is 0.176. The monoisotopic (exact) mass is 283 g/mol. The molecule has 1 rings (SSSR count). The highest BCUT2D eigenvalue weighted by Gasteiger charge is 2.20. The molecular weight excluding hydrogens is 262 g/mol. The van der Waals surface area contributed by atoms with Crippen molar-refractivity contribution in [3.8, 4) is 0 Å². The molecule has 106 valence electrons. The minimum Gasteiger partial charge on any atom is -0.480 e. The van der Waals surface area contributed by atoms with E-state index in [1.54, 1.807) is 11.3 Å². The van der Waals surface area contributed by atoms with Crippen LogP contribution >= 0.6 is 11.3 Å². The van der Waals surface area contributed by atoms with Gasteiger partial charge in [0.05, 0.1) is 0 Å². The summed E-state index contributed by atoms with van der Waals surface area (Å²) in [5.41, 5.74) is 0. The number of aryl methyl sites for hydroxylation is 1. The van der Waals surface area contributed by atoms with Crippen LogP contribution in [0.1, 0.15) is 38.0 Å². The first kappa shape index (κ1) is 15.7. The zero-order valence-electron chi connectivity index (χ0n) is 11.4. The summed E-state index contributed by atoms with van der Waals surface area (Å²) in [6, 6.07) is 3.26. The molecule has 0 bridgehead atoms. The summed E-state index contributed by atoms with van der Waals surface area (Å²) < 4.78 is 0. The number of carbonyl (C=O) groups is 2. The zero-order valence-corrected chi connectivity index (χ0v) is 12.2. The van der Waals surface area contributed by atoms with Crippen molar-refractivity contribution in [1.29, 1.82) is 0 Å². The number of rotatable bonds is 8. The van der Waals surface area contributed by atoms with E-state index >= 15 is 0 Å². The number of carboxylic acids is 1. The van der Waals surface area contributed by atoms with E-state index in [1.807, 2.05) is 31.4 Å². The standard InChI is InChI=1S/C14H21NO3S/c1-10(2)9-12(14(17)18)15-13(16)7-3-5-11-6-4-8-19-11/h4,6,8,10,12H,3,5,7,9H2,1-2H3,(H,15,16)(H,17,18)/t12-/m1/s1. The lowest BCUT2D eigenvalue weighted by Gasteiger charge is -2.16.